The summed E-state index contributed by atoms with van der Waals surface area (Å²) >= 11 is 0. The third-order valence-corrected chi connectivity index (χ3v) is 4.77. The molecule has 0 aliphatic carbocycles. The van der Waals surface area contributed by atoms with Gasteiger partial charge in [-0.3, -0.25) is 0 Å². The van der Waals surface area contributed by atoms with Crippen LogP contribution in [-0.4, -0.2) is 26.0 Å². The lowest BCUT2D eigenvalue weighted by atomic mass is 10.1. The summed E-state index contributed by atoms with van der Waals surface area (Å²) in [5.41, 5.74) is 2.47. The van der Waals surface area contributed by atoms with Gasteiger partial charge in [-0.1, -0.05) is 51.7 Å². The first-order valence-electron chi connectivity index (χ1n) is 10.4. The molecule has 158 valence electrons. The lowest BCUT2D eigenvalue weighted by Gasteiger charge is -2.09. The molecule has 0 aromatic heterocycles. The number of nitrogens with one attached hydrogen (secondary N) is 1. The summed E-state index contributed by atoms with van der Waals surface area (Å²) in [6, 6.07) is 26.2. The zero-order chi connectivity index (χ0) is 20.9. The van der Waals surface area contributed by atoms with Crippen LogP contribution in [-0.2, 0) is 13.0 Å². The molecular formula is C25H30NO3P. The van der Waals surface area contributed by atoms with Crippen LogP contribution in [0.5, 0.6) is 17.2 Å². The van der Waals surface area contributed by atoms with E-state index in [4.69, 9.17) is 14.2 Å². The molecule has 3 rings (SSSR count). The van der Waals surface area contributed by atoms with Crippen LogP contribution < -0.4 is 19.5 Å². The highest BCUT2D eigenvalue weighted by molar-refractivity contribution is 7.16. The van der Waals surface area contributed by atoms with Crippen molar-refractivity contribution in [3.05, 3.63) is 90.0 Å². The number of rotatable bonds is 13. The van der Waals surface area contributed by atoms with Crippen molar-refractivity contribution >= 4 is 9.24 Å². The third kappa shape index (κ3) is 8.06. The highest BCUT2D eigenvalue weighted by Crippen LogP contribution is 2.19. The molecule has 1 unspecified atom stereocenters. The molecule has 0 heterocycles. The number of hydrogen-bond donors (Lipinski definition) is 1. The average Bonchev–Trinajstić information content (AvgIpc) is 2.80. The van der Waals surface area contributed by atoms with Gasteiger partial charge in [0.2, 0.25) is 0 Å². The minimum absolute atomic E-state index is 0.572. The fourth-order valence-corrected chi connectivity index (χ4v) is 3.16. The first kappa shape index (κ1) is 22.1. The molecule has 5 heteroatoms. The fourth-order valence-electron chi connectivity index (χ4n) is 2.97. The van der Waals surface area contributed by atoms with Crippen molar-refractivity contribution in [3.63, 3.8) is 0 Å². The summed E-state index contributed by atoms with van der Waals surface area (Å²) in [7, 11) is 2.56. The molecule has 1 atom stereocenters. The van der Waals surface area contributed by atoms with Crippen molar-refractivity contribution < 1.29 is 14.2 Å². The largest absolute Gasteiger partial charge is 0.494 e. The molecule has 0 spiro atoms. The van der Waals surface area contributed by atoms with Crippen molar-refractivity contribution in [1.29, 1.82) is 0 Å². The first-order chi connectivity index (χ1) is 14.8. The van der Waals surface area contributed by atoms with Crippen LogP contribution in [0.25, 0.3) is 0 Å². The molecule has 0 saturated heterocycles. The van der Waals surface area contributed by atoms with E-state index in [1.165, 1.54) is 5.56 Å². The van der Waals surface area contributed by atoms with Crippen LogP contribution in [0.2, 0.25) is 0 Å². The zero-order valence-electron chi connectivity index (χ0n) is 17.3. The minimum atomic E-state index is 0.572. The second-order valence-electron chi connectivity index (χ2n) is 6.90. The smallest absolute Gasteiger partial charge is 0.120 e. The van der Waals surface area contributed by atoms with E-state index < -0.39 is 0 Å². The summed E-state index contributed by atoms with van der Waals surface area (Å²) < 4.78 is 17.0. The third-order valence-electron chi connectivity index (χ3n) is 4.60. The quantitative estimate of drug-likeness (QED) is 0.308. The van der Waals surface area contributed by atoms with Crippen molar-refractivity contribution in [2.24, 2.45) is 0 Å². The van der Waals surface area contributed by atoms with Gasteiger partial charge in [-0.15, -0.1) is 0 Å². The van der Waals surface area contributed by atoms with E-state index >= 15 is 0 Å². The molecule has 0 saturated carbocycles. The van der Waals surface area contributed by atoms with Crippen LogP contribution >= 0.6 is 9.24 Å². The molecule has 30 heavy (non-hydrogen) atoms. The maximum absolute atomic E-state index is 5.81. The van der Waals surface area contributed by atoms with Gasteiger partial charge in [0.05, 0.1) is 6.61 Å². The van der Waals surface area contributed by atoms with E-state index in [-0.39, 0.29) is 0 Å². The van der Waals surface area contributed by atoms with Crippen LogP contribution in [0, 0.1) is 0 Å². The van der Waals surface area contributed by atoms with Gasteiger partial charge in [-0.25, -0.2) is 0 Å². The molecule has 1 N–H and O–H groups in total. The predicted octanol–water partition coefficient (Wildman–Crippen LogP) is 5.08. The van der Waals surface area contributed by atoms with Gasteiger partial charge < -0.3 is 19.5 Å². The van der Waals surface area contributed by atoms with Crippen molar-refractivity contribution in [1.82, 2.24) is 5.32 Å². The normalized spacial score (nSPS) is 10.6. The monoisotopic (exact) mass is 423 g/mol. The van der Waals surface area contributed by atoms with Gasteiger partial charge in [0.25, 0.3) is 0 Å². The van der Waals surface area contributed by atoms with Crippen LogP contribution in [0.15, 0.2) is 78.9 Å². The topological polar surface area (TPSA) is 39.7 Å². The van der Waals surface area contributed by atoms with E-state index in [1.54, 1.807) is 0 Å². The lowest BCUT2D eigenvalue weighted by Crippen LogP contribution is -2.20. The number of hydrogen-bond acceptors (Lipinski definition) is 4. The Morgan fingerprint density at radius 3 is 1.97 bits per heavy atom. The van der Waals surface area contributed by atoms with Crippen LogP contribution in [0.4, 0.5) is 0 Å². The Balaban J connectivity index is 1.24. The first-order valence-corrected chi connectivity index (χ1v) is 11.2. The number of benzene rings is 3. The van der Waals surface area contributed by atoms with Gasteiger partial charge in [0.1, 0.15) is 30.2 Å². The molecule has 0 aliphatic heterocycles. The fraction of sp³-hybridized carbons (Fsp3) is 0.280. The summed E-state index contributed by atoms with van der Waals surface area (Å²) in [4.78, 5) is 0. The Morgan fingerprint density at radius 1 is 0.633 bits per heavy atom. The van der Waals surface area contributed by atoms with Gasteiger partial charge in [0.15, 0.2) is 0 Å². The molecule has 0 radical (unpaired) electrons. The standard InChI is InChI=1S/C25H30NO3P/c30-20-29-25-9-7-21(8-10-25)15-17-26-16-4-18-27-23-11-13-24(14-12-23)28-19-22-5-2-1-3-6-22/h1-3,5-14,26H,4,15-20,30H2. The predicted molar refractivity (Wildman–Crippen MR) is 126 cm³/mol. The van der Waals surface area contributed by atoms with Crippen LogP contribution in [0.3, 0.4) is 0 Å². The summed E-state index contributed by atoms with van der Waals surface area (Å²) in [6.45, 7) is 3.16. The van der Waals surface area contributed by atoms with Gasteiger partial charge in [0, 0.05) is 0 Å². The van der Waals surface area contributed by atoms with E-state index in [1.807, 2.05) is 54.6 Å². The lowest BCUT2D eigenvalue weighted by molar-refractivity contribution is 0.298. The van der Waals surface area contributed by atoms with E-state index in [0.717, 1.165) is 48.7 Å². The highest BCUT2D eigenvalue weighted by Gasteiger charge is 1.99. The van der Waals surface area contributed by atoms with Crippen molar-refractivity contribution in [2.45, 2.75) is 19.4 Å². The van der Waals surface area contributed by atoms with Gasteiger partial charge >= 0.3 is 0 Å². The summed E-state index contributed by atoms with van der Waals surface area (Å²) in [5, 5.41) is 3.47. The molecule has 0 amide bonds. The zero-order valence-corrected chi connectivity index (χ0v) is 18.4. The maximum Gasteiger partial charge on any atom is 0.120 e. The van der Waals surface area contributed by atoms with Gasteiger partial charge in [-0.2, -0.15) is 0 Å². The molecule has 3 aromatic carbocycles. The average molecular weight is 423 g/mol. The molecule has 4 nitrogen and oxygen atoms in total. The van der Waals surface area contributed by atoms with Crippen LogP contribution in [0.1, 0.15) is 17.5 Å². The Bertz CT molecular complexity index is 839. The highest BCUT2D eigenvalue weighted by atomic mass is 31.0. The SMILES string of the molecule is PCOc1ccc(CCNCCCOc2ccc(OCc3ccccc3)cc2)cc1. The molecule has 0 fully saturated rings. The molecular weight excluding hydrogens is 393 g/mol. The Labute approximate surface area is 181 Å². The maximum atomic E-state index is 5.81. The van der Waals surface area contributed by atoms with Gasteiger partial charge in [-0.05, 0) is 73.5 Å². The number of ether oxygens (including phenoxy) is 3. The van der Waals surface area contributed by atoms with E-state index in [0.29, 0.717) is 19.6 Å². The summed E-state index contributed by atoms with van der Waals surface area (Å²) in [6.07, 6.45) is 2.59. The van der Waals surface area contributed by atoms with Crippen molar-refractivity contribution in [3.8, 4) is 17.2 Å². The van der Waals surface area contributed by atoms with E-state index in [9.17, 15) is 0 Å². The second-order valence-corrected chi connectivity index (χ2v) is 7.24. The second kappa shape index (κ2) is 12.9. The summed E-state index contributed by atoms with van der Waals surface area (Å²) in [5.74, 6) is 2.63. The Hall–Kier alpha value is -2.55. The molecule has 3 aromatic rings. The minimum Gasteiger partial charge on any atom is -0.494 e. The molecule has 0 aliphatic rings. The Morgan fingerprint density at radius 2 is 1.27 bits per heavy atom. The molecule has 0 bridgehead atoms. The Kier molecular flexibility index (Phi) is 9.52. The van der Waals surface area contributed by atoms with E-state index in [2.05, 4.69) is 38.8 Å². The van der Waals surface area contributed by atoms with Crippen molar-refractivity contribution in [2.75, 3.05) is 26.0 Å².